The van der Waals surface area contributed by atoms with Gasteiger partial charge in [-0.3, -0.25) is 14.0 Å². The van der Waals surface area contributed by atoms with Crippen molar-refractivity contribution in [1.82, 2.24) is 14.3 Å². The van der Waals surface area contributed by atoms with Crippen LogP contribution in [-0.2, 0) is 16.6 Å². The number of nitrogens with zero attached hydrogens (tertiary/aromatic N) is 4. The van der Waals surface area contributed by atoms with E-state index < -0.39 is 12.0 Å². The summed E-state index contributed by atoms with van der Waals surface area (Å²) in [6.07, 6.45) is 3.71. The molecule has 0 saturated heterocycles. The van der Waals surface area contributed by atoms with E-state index in [4.69, 9.17) is 4.74 Å². The first-order chi connectivity index (χ1) is 13.9. The molecule has 4 rings (SSSR count). The minimum atomic E-state index is -0.539. The Labute approximate surface area is 174 Å². The molecular weight excluding hydrogens is 408 g/mol. The van der Waals surface area contributed by atoms with Crippen molar-refractivity contribution >= 4 is 34.7 Å². The zero-order chi connectivity index (χ0) is 20.7. The van der Waals surface area contributed by atoms with Crippen molar-refractivity contribution in [3.05, 3.63) is 70.8 Å². The lowest BCUT2D eigenvalue weighted by Crippen LogP contribution is -2.39. The lowest BCUT2D eigenvalue weighted by atomic mass is 10.0. The molecule has 4 heterocycles. The summed E-state index contributed by atoms with van der Waals surface area (Å²) in [5.41, 5.74) is 2.53. The third-order valence-corrected chi connectivity index (χ3v) is 6.58. The monoisotopic (exact) mass is 428 g/mol. The van der Waals surface area contributed by atoms with Gasteiger partial charge in [-0.1, -0.05) is 17.4 Å². The van der Waals surface area contributed by atoms with E-state index in [1.54, 1.807) is 23.1 Å². The Kier molecular flexibility index (Phi) is 5.10. The first-order valence-corrected chi connectivity index (χ1v) is 10.8. The smallest absolute Gasteiger partial charge is 0.338 e. The maximum atomic E-state index is 13.4. The maximum absolute atomic E-state index is 13.4. The molecule has 7 nitrogen and oxygen atoms in total. The number of ether oxygens (including phenoxy) is 1. The summed E-state index contributed by atoms with van der Waals surface area (Å²) in [7, 11) is 1.84. The predicted octanol–water partition coefficient (Wildman–Crippen LogP) is 1.90. The van der Waals surface area contributed by atoms with Crippen molar-refractivity contribution in [2.75, 3.05) is 6.61 Å². The summed E-state index contributed by atoms with van der Waals surface area (Å²) in [6.45, 7) is 5.71. The van der Waals surface area contributed by atoms with Gasteiger partial charge in [-0.15, -0.1) is 11.3 Å². The highest BCUT2D eigenvalue weighted by molar-refractivity contribution is 7.10. The number of thiazole rings is 1. The van der Waals surface area contributed by atoms with E-state index in [9.17, 15) is 9.59 Å². The number of hydrogen-bond acceptors (Lipinski definition) is 7. The Morgan fingerprint density at radius 1 is 1.38 bits per heavy atom. The van der Waals surface area contributed by atoms with E-state index in [1.807, 2.05) is 43.8 Å². The fourth-order valence-corrected chi connectivity index (χ4v) is 5.27. The molecule has 9 heteroatoms. The first kappa shape index (κ1) is 19.5. The molecule has 3 aromatic heterocycles. The second-order valence-corrected chi connectivity index (χ2v) is 8.65. The highest BCUT2D eigenvalue weighted by Gasteiger charge is 2.33. The van der Waals surface area contributed by atoms with Gasteiger partial charge in [-0.05, 0) is 38.3 Å². The third kappa shape index (κ3) is 3.40. The topological polar surface area (TPSA) is 78.5 Å². The van der Waals surface area contributed by atoms with Gasteiger partial charge in [0, 0.05) is 23.7 Å². The van der Waals surface area contributed by atoms with Crippen LogP contribution in [0.1, 0.15) is 36.0 Å². The highest BCUT2D eigenvalue weighted by atomic mass is 32.1. The van der Waals surface area contributed by atoms with Crippen molar-refractivity contribution in [3.8, 4) is 0 Å². The van der Waals surface area contributed by atoms with E-state index in [2.05, 4.69) is 10.1 Å². The number of aromatic nitrogens is 3. The summed E-state index contributed by atoms with van der Waals surface area (Å²) >= 11 is 2.82. The van der Waals surface area contributed by atoms with Gasteiger partial charge < -0.3 is 4.74 Å². The Bertz CT molecular complexity index is 1290. The van der Waals surface area contributed by atoms with Crippen LogP contribution in [0.5, 0.6) is 0 Å². The van der Waals surface area contributed by atoms with Gasteiger partial charge in [0.25, 0.3) is 5.56 Å². The second-order valence-electron chi connectivity index (χ2n) is 6.66. The second kappa shape index (κ2) is 7.57. The molecule has 0 aliphatic carbocycles. The van der Waals surface area contributed by atoms with Crippen LogP contribution in [-0.4, -0.2) is 26.9 Å². The van der Waals surface area contributed by atoms with Crippen LogP contribution in [0.2, 0.25) is 0 Å². The average molecular weight is 429 g/mol. The Hall–Kier alpha value is -2.78. The molecule has 0 bridgehead atoms. The largest absolute Gasteiger partial charge is 0.463 e. The van der Waals surface area contributed by atoms with Crippen LogP contribution < -0.4 is 14.9 Å². The van der Waals surface area contributed by atoms with Crippen LogP contribution in [0.4, 0.5) is 0 Å². The van der Waals surface area contributed by atoms with Crippen molar-refractivity contribution in [2.24, 2.45) is 12.0 Å². The first-order valence-electron chi connectivity index (χ1n) is 9.14. The molecule has 3 aromatic rings. The molecule has 0 unspecified atom stereocenters. The predicted molar refractivity (Wildman–Crippen MR) is 113 cm³/mol. The fraction of sp³-hybridized carbons (Fsp3) is 0.300. The molecule has 0 N–H and O–H groups in total. The summed E-state index contributed by atoms with van der Waals surface area (Å²) in [5, 5.41) is 6.27. The van der Waals surface area contributed by atoms with E-state index in [0.29, 0.717) is 20.6 Å². The number of hydrogen-bond donors (Lipinski definition) is 0. The van der Waals surface area contributed by atoms with Crippen LogP contribution in [0, 0.1) is 6.92 Å². The maximum Gasteiger partial charge on any atom is 0.338 e. The lowest BCUT2D eigenvalue weighted by Gasteiger charge is -2.23. The summed E-state index contributed by atoms with van der Waals surface area (Å²) in [5.74, 6) is -0.440. The number of allylic oxidation sites excluding steroid dienone is 1. The van der Waals surface area contributed by atoms with Crippen molar-refractivity contribution in [3.63, 3.8) is 0 Å². The minimum Gasteiger partial charge on any atom is -0.463 e. The molecular formula is C20H20N4O3S2. The summed E-state index contributed by atoms with van der Waals surface area (Å²) in [4.78, 5) is 32.1. The van der Waals surface area contributed by atoms with Gasteiger partial charge in [0.1, 0.15) is 6.04 Å². The van der Waals surface area contributed by atoms with Gasteiger partial charge >= 0.3 is 5.97 Å². The molecule has 150 valence electrons. The number of esters is 1. The zero-order valence-corrected chi connectivity index (χ0v) is 18.1. The number of thiophene rings is 1. The molecule has 0 spiro atoms. The molecule has 1 aliphatic rings. The van der Waals surface area contributed by atoms with Gasteiger partial charge in [0.05, 0.1) is 28.1 Å². The fourth-order valence-electron chi connectivity index (χ4n) is 3.41. The summed E-state index contributed by atoms with van der Waals surface area (Å²) in [6, 6.07) is 3.30. The molecule has 1 aliphatic heterocycles. The third-order valence-electron chi connectivity index (χ3n) is 4.67. The van der Waals surface area contributed by atoms with E-state index in [0.717, 1.165) is 16.1 Å². The average Bonchev–Trinajstić information content (AvgIpc) is 3.36. The van der Waals surface area contributed by atoms with Gasteiger partial charge in [-0.2, -0.15) is 5.10 Å². The number of rotatable bonds is 4. The molecule has 0 aromatic carbocycles. The Morgan fingerprint density at radius 3 is 2.79 bits per heavy atom. The lowest BCUT2D eigenvalue weighted by molar-refractivity contribution is -0.139. The number of carbonyl (C=O) groups is 1. The molecule has 0 amide bonds. The minimum absolute atomic E-state index is 0.176. The number of carbonyl (C=O) groups excluding carboxylic acids is 1. The molecule has 0 radical (unpaired) electrons. The van der Waals surface area contributed by atoms with E-state index >= 15 is 0 Å². The molecule has 0 fully saturated rings. The SMILES string of the molecule is CCOC(=O)C1=C(C)N=c2s/c(=C/c3cn(C)nc3C)c(=O)n2[C@H]1c1cccs1. The molecule has 1 atom stereocenters. The zero-order valence-electron chi connectivity index (χ0n) is 16.5. The molecule has 0 saturated carbocycles. The van der Waals surface area contributed by atoms with Crippen LogP contribution in [0.3, 0.4) is 0 Å². The van der Waals surface area contributed by atoms with Crippen LogP contribution in [0.25, 0.3) is 6.08 Å². The summed E-state index contributed by atoms with van der Waals surface area (Å²) < 4.78 is 9.15. The highest BCUT2D eigenvalue weighted by Crippen LogP contribution is 2.33. The quantitative estimate of drug-likeness (QED) is 0.595. The van der Waals surface area contributed by atoms with Crippen molar-refractivity contribution < 1.29 is 9.53 Å². The van der Waals surface area contributed by atoms with Crippen LogP contribution >= 0.6 is 22.7 Å². The van der Waals surface area contributed by atoms with Gasteiger partial charge in [0.15, 0.2) is 4.80 Å². The molecule has 29 heavy (non-hydrogen) atoms. The standard InChI is InChI=1S/C20H20N4O3S2/c1-5-27-19(26)16-12(3)21-20-24(17(16)14-7-6-8-28-14)18(25)15(29-20)9-13-10-23(4)22-11(13)2/h6-10,17H,5H2,1-4H3/b15-9+/t17-/m0/s1. The van der Waals surface area contributed by atoms with Crippen molar-refractivity contribution in [2.45, 2.75) is 26.8 Å². The Morgan fingerprint density at radius 2 is 2.17 bits per heavy atom. The Balaban J connectivity index is 1.96. The van der Waals surface area contributed by atoms with Crippen molar-refractivity contribution in [1.29, 1.82) is 0 Å². The van der Waals surface area contributed by atoms with Crippen LogP contribution in [0.15, 0.2) is 44.8 Å². The van der Waals surface area contributed by atoms with E-state index in [-0.39, 0.29) is 12.2 Å². The number of fused-ring (bicyclic) bond motifs is 1. The van der Waals surface area contributed by atoms with E-state index in [1.165, 1.54) is 22.7 Å². The van der Waals surface area contributed by atoms with Gasteiger partial charge in [-0.25, -0.2) is 9.79 Å². The normalized spacial score (nSPS) is 16.7. The number of aryl methyl sites for hydroxylation is 2. The van der Waals surface area contributed by atoms with Gasteiger partial charge in [0.2, 0.25) is 0 Å².